The lowest BCUT2D eigenvalue weighted by molar-refractivity contribution is 0.0762. The van der Waals surface area contributed by atoms with E-state index in [0.29, 0.717) is 25.2 Å². The molecule has 31 heavy (non-hydrogen) atoms. The molecule has 5 rings (SSSR count). The first-order chi connectivity index (χ1) is 15.2. The van der Waals surface area contributed by atoms with Crippen molar-refractivity contribution < 1.29 is 4.79 Å². The largest absolute Gasteiger partial charge is 0.338 e. The van der Waals surface area contributed by atoms with E-state index in [-0.39, 0.29) is 5.91 Å². The number of hydrogen-bond donors (Lipinski definition) is 0. The summed E-state index contributed by atoms with van der Waals surface area (Å²) in [6.45, 7) is 1.93. The standard InChI is InChI=1S/C23H23N7O/c1-28-22(18-5-3-2-4-6-18)20-11-13-29(14-12-21(20)25-28)23(31)19-9-7-17(8-10-19)15-30-16-24-26-27-30/h2-10,16H,11-15H2,1H3. The molecular weight excluding hydrogens is 390 g/mol. The third kappa shape index (κ3) is 3.84. The summed E-state index contributed by atoms with van der Waals surface area (Å²) < 4.78 is 3.63. The zero-order chi connectivity index (χ0) is 21.2. The van der Waals surface area contributed by atoms with Crippen LogP contribution in [-0.2, 0) is 26.4 Å². The number of benzene rings is 2. The van der Waals surface area contributed by atoms with Gasteiger partial charge >= 0.3 is 0 Å². The Hall–Kier alpha value is -3.81. The molecule has 2 aromatic heterocycles. The molecule has 3 heterocycles. The molecule has 8 nitrogen and oxygen atoms in total. The summed E-state index contributed by atoms with van der Waals surface area (Å²) in [7, 11) is 2.00. The van der Waals surface area contributed by atoms with Gasteiger partial charge in [-0.2, -0.15) is 5.10 Å². The highest BCUT2D eigenvalue weighted by Crippen LogP contribution is 2.28. The predicted octanol–water partition coefficient (Wildman–Crippen LogP) is 2.36. The van der Waals surface area contributed by atoms with Gasteiger partial charge in [-0.3, -0.25) is 9.48 Å². The third-order valence-electron chi connectivity index (χ3n) is 5.75. The summed E-state index contributed by atoms with van der Waals surface area (Å²) in [5.41, 5.74) is 6.40. The monoisotopic (exact) mass is 413 g/mol. The molecule has 0 N–H and O–H groups in total. The van der Waals surface area contributed by atoms with E-state index in [0.717, 1.165) is 35.4 Å². The van der Waals surface area contributed by atoms with E-state index in [9.17, 15) is 4.79 Å². The number of carbonyl (C=O) groups excluding carboxylic acids is 1. The van der Waals surface area contributed by atoms with Crippen LogP contribution in [-0.4, -0.2) is 53.9 Å². The molecule has 0 radical (unpaired) electrons. The van der Waals surface area contributed by atoms with Crippen molar-refractivity contribution in [2.75, 3.05) is 13.1 Å². The van der Waals surface area contributed by atoms with Crippen molar-refractivity contribution >= 4 is 5.91 Å². The molecule has 156 valence electrons. The van der Waals surface area contributed by atoms with Crippen LogP contribution in [0.4, 0.5) is 0 Å². The summed E-state index contributed by atoms with van der Waals surface area (Å²) >= 11 is 0. The first-order valence-electron chi connectivity index (χ1n) is 10.4. The molecule has 1 aliphatic rings. The summed E-state index contributed by atoms with van der Waals surface area (Å²) in [5, 5.41) is 15.9. The maximum absolute atomic E-state index is 13.1. The zero-order valence-corrected chi connectivity index (χ0v) is 17.3. The van der Waals surface area contributed by atoms with Gasteiger partial charge in [-0.25, -0.2) is 4.68 Å². The van der Waals surface area contributed by atoms with Crippen LogP contribution < -0.4 is 0 Å². The van der Waals surface area contributed by atoms with E-state index in [2.05, 4.69) is 27.7 Å². The van der Waals surface area contributed by atoms with Gasteiger partial charge in [-0.15, -0.1) is 5.10 Å². The van der Waals surface area contributed by atoms with E-state index in [4.69, 9.17) is 5.10 Å². The summed E-state index contributed by atoms with van der Waals surface area (Å²) in [4.78, 5) is 15.1. The van der Waals surface area contributed by atoms with Gasteiger partial charge in [0.1, 0.15) is 6.33 Å². The Labute approximate surface area is 180 Å². The van der Waals surface area contributed by atoms with E-state index in [1.807, 2.05) is 59.1 Å². The van der Waals surface area contributed by atoms with Crippen molar-refractivity contribution in [3.05, 3.63) is 83.3 Å². The molecule has 4 aromatic rings. The van der Waals surface area contributed by atoms with Crippen molar-refractivity contribution in [1.82, 2.24) is 34.9 Å². The van der Waals surface area contributed by atoms with Gasteiger partial charge < -0.3 is 4.90 Å². The van der Waals surface area contributed by atoms with Crippen LogP contribution in [0.15, 0.2) is 60.9 Å². The predicted molar refractivity (Wildman–Crippen MR) is 115 cm³/mol. The van der Waals surface area contributed by atoms with Crippen LogP contribution >= 0.6 is 0 Å². The number of aromatic nitrogens is 6. The fourth-order valence-corrected chi connectivity index (χ4v) is 4.22. The van der Waals surface area contributed by atoms with E-state index >= 15 is 0 Å². The lowest BCUT2D eigenvalue weighted by Crippen LogP contribution is -2.33. The lowest BCUT2D eigenvalue weighted by atomic mass is 10.0. The topological polar surface area (TPSA) is 81.7 Å². The Morgan fingerprint density at radius 2 is 1.77 bits per heavy atom. The average molecular weight is 413 g/mol. The molecule has 8 heteroatoms. The third-order valence-corrected chi connectivity index (χ3v) is 5.75. The highest BCUT2D eigenvalue weighted by Gasteiger charge is 2.25. The minimum atomic E-state index is 0.0600. The Bertz CT molecular complexity index is 1180. The number of amides is 1. The van der Waals surface area contributed by atoms with Crippen molar-refractivity contribution in [3.8, 4) is 11.3 Å². The van der Waals surface area contributed by atoms with Crippen LogP contribution in [0.5, 0.6) is 0 Å². The van der Waals surface area contributed by atoms with Crippen molar-refractivity contribution in [2.24, 2.45) is 7.05 Å². The second kappa shape index (κ2) is 8.14. The molecule has 0 spiro atoms. The van der Waals surface area contributed by atoms with Crippen molar-refractivity contribution in [2.45, 2.75) is 19.4 Å². The number of rotatable bonds is 4. The molecule has 0 saturated heterocycles. The molecule has 0 bridgehead atoms. The summed E-state index contributed by atoms with van der Waals surface area (Å²) in [6.07, 6.45) is 3.14. The Balaban J connectivity index is 1.31. The van der Waals surface area contributed by atoms with Gasteiger partial charge in [0.05, 0.1) is 17.9 Å². The van der Waals surface area contributed by atoms with E-state index < -0.39 is 0 Å². The quantitative estimate of drug-likeness (QED) is 0.513. The number of nitrogens with zero attached hydrogens (tertiary/aromatic N) is 7. The van der Waals surface area contributed by atoms with Crippen molar-refractivity contribution in [1.29, 1.82) is 0 Å². The van der Waals surface area contributed by atoms with E-state index in [1.165, 1.54) is 5.56 Å². The molecule has 0 unspecified atom stereocenters. The van der Waals surface area contributed by atoms with Crippen molar-refractivity contribution in [3.63, 3.8) is 0 Å². The molecule has 2 aromatic carbocycles. The minimum absolute atomic E-state index is 0.0600. The molecule has 0 fully saturated rings. The van der Waals surface area contributed by atoms with Gasteiger partial charge in [0.2, 0.25) is 0 Å². The van der Waals surface area contributed by atoms with Crippen LogP contribution in [0.25, 0.3) is 11.3 Å². The maximum atomic E-state index is 13.1. The lowest BCUT2D eigenvalue weighted by Gasteiger charge is -2.20. The Morgan fingerprint density at radius 3 is 2.52 bits per heavy atom. The second-order valence-electron chi connectivity index (χ2n) is 7.76. The number of aryl methyl sites for hydroxylation is 1. The molecule has 0 atom stereocenters. The SMILES string of the molecule is Cn1nc2c(c1-c1ccccc1)CCN(C(=O)c1ccc(Cn3cnnn3)cc1)CC2. The molecule has 1 aliphatic heterocycles. The zero-order valence-electron chi connectivity index (χ0n) is 17.3. The fourth-order valence-electron chi connectivity index (χ4n) is 4.22. The van der Waals surface area contributed by atoms with Gasteiger partial charge in [-0.1, -0.05) is 42.5 Å². The molecule has 0 aliphatic carbocycles. The Morgan fingerprint density at radius 1 is 1.00 bits per heavy atom. The van der Waals surface area contributed by atoms with Crippen LogP contribution in [0, 0.1) is 0 Å². The first kappa shape index (κ1) is 19.2. The maximum Gasteiger partial charge on any atom is 0.253 e. The van der Waals surface area contributed by atoms with Gasteiger partial charge in [0.15, 0.2) is 0 Å². The molecule has 0 saturated carbocycles. The Kier molecular flexibility index (Phi) is 5.03. The first-order valence-corrected chi connectivity index (χ1v) is 10.4. The smallest absolute Gasteiger partial charge is 0.253 e. The normalized spacial score (nSPS) is 13.6. The van der Waals surface area contributed by atoms with Crippen LogP contribution in [0.1, 0.15) is 27.2 Å². The summed E-state index contributed by atoms with van der Waals surface area (Å²) in [6, 6.07) is 18.0. The minimum Gasteiger partial charge on any atom is -0.338 e. The van der Waals surface area contributed by atoms with Crippen LogP contribution in [0.3, 0.4) is 0 Å². The number of fused-ring (bicyclic) bond motifs is 1. The van der Waals surface area contributed by atoms with Gasteiger partial charge in [0, 0.05) is 43.2 Å². The molecule has 1 amide bonds. The highest BCUT2D eigenvalue weighted by molar-refractivity contribution is 5.94. The number of hydrogen-bond acceptors (Lipinski definition) is 5. The van der Waals surface area contributed by atoms with Gasteiger partial charge in [0.25, 0.3) is 5.91 Å². The summed E-state index contributed by atoms with van der Waals surface area (Å²) in [5.74, 6) is 0.0600. The number of tetrazole rings is 1. The molecular formula is C23H23N7O. The van der Waals surface area contributed by atoms with Crippen LogP contribution in [0.2, 0.25) is 0 Å². The fraction of sp³-hybridized carbons (Fsp3) is 0.261. The van der Waals surface area contributed by atoms with E-state index in [1.54, 1.807) is 11.0 Å². The van der Waals surface area contributed by atoms with Gasteiger partial charge in [-0.05, 0) is 34.5 Å². The highest BCUT2D eigenvalue weighted by atomic mass is 16.2. The average Bonchev–Trinajstić information content (AvgIpc) is 3.36. The second-order valence-corrected chi connectivity index (χ2v) is 7.76. The number of carbonyl (C=O) groups is 1.